The van der Waals surface area contributed by atoms with Gasteiger partial charge in [-0.15, -0.1) is 0 Å². The van der Waals surface area contributed by atoms with Crippen molar-refractivity contribution in [1.82, 2.24) is 0 Å². The van der Waals surface area contributed by atoms with Gasteiger partial charge >= 0.3 is 0 Å². The monoisotopic (exact) mass is 412 g/mol. The lowest BCUT2D eigenvalue weighted by molar-refractivity contribution is -0.120. The number of anilines is 2. The van der Waals surface area contributed by atoms with Crippen LogP contribution in [-0.2, 0) is 9.59 Å². The van der Waals surface area contributed by atoms with E-state index in [0.29, 0.717) is 34.2 Å². The van der Waals surface area contributed by atoms with Crippen LogP contribution in [-0.4, -0.2) is 18.9 Å². The molecule has 31 heavy (non-hydrogen) atoms. The third-order valence-electron chi connectivity index (χ3n) is 5.33. The Labute approximate surface area is 182 Å². The van der Waals surface area contributed by atoms with Crippen LogP contribution in [0.5, 0.6) is 5.75 Å². The van der Waals surface area contributed by atoms with E-state index in [0.717, 1.165) is 5.56 Å². The number of imide groups is 1. The van der Waals surface area contributed by atoms with Crippen LogP contribution in [0.15, 0.2) is 84.6 Å². The molecule has 0 spiro atoms. The predicted octanol–water partition coefficient (Wildman–Crippen LogP) is 5.22. The zero-order chi connectivity index (χ0) is 22.0. The van der Waals surface area contributed by atoms with Crippen LogP contribution in [0.1, 0.15) is 30.9 Å². The Hall–Kier alpha value is -3.86. The second-order valence-corrected chi connectivity index (χ2v) is 7.63. The number of para-hydroxylation sites is 2. The van der Waals surface area contributed by atoms with Gasteiger partial charge in [-0.25, -0.2) is 4.90 Å². The average molecular weight is 412 g/mol. The summed E-state index contributed by atoms with van der Waals surface area (Å²) in [6, 6.07) is 24.1. The van der Waals surface area contributed by atoms with E-state index < -0.39 is 5.91 Å². The van der Waals surface area contributed by atoms with E-state index in [1.165, 1.54) is 4.90 Å². The quantitative estimate of drug-likeness (QED) is 0.564. The molecule has 156 valence electrons. The Kier molecular flexibility index (Phi) is 5.58. The van der Waals surface area contributed by atoms with Gasteiger partial charge in [0.2, 0.25) is 0 Å². The summed E-state index contributed by atoms with van der Waals surface area (Å²) in [5.41, 5.74) is 3.56. The minimum Gasteiger partial charge on any atom is -0.495 e. The van der Waals surface area contributed by atoms with Gasteiger partial charge in [-0.05, 0) is 41.3 Å². The summed E-state index contributed by atoms with van der Waals surface area (Å²) in [5, 5.41) is 3.16. The number of hydrogen-bond donors (Lipinski definition) is 1. The maximum absolute atomic E-state index is 13.5. The molecule has 4 rings (SSSR count). The highest BCUT2D eigenvalue weighted by atomic mass is 16.5. The number of carbonyl (C=O) groups is 2. The molecule has 1 heterocycles. The number of hydrogen-bond acceptors (Lipinski definition) is 4. The van der Waals surface area contributed by atoms with Crippen molar-refractivity contribution < 1.29 is 14.3 Å². The Morgan fingerprint density at radius 1 is 0.806 bits per heavy atom. The number of rotatable bonds is 6. The zero-order valence-electron chi connectivity index (χ0n) is 17.8. The molecule has 2 amide bonds. The molecule has 0 aromatic heterocycles. The molecule has 5 nitrogen and oxygen atoms in total. The molecule has 0 aliphatic carbocycles. The highest BCUT2D eigenvalue weighted by molar-refractivity contribution is 6.46. The largest absolute Gasteiger partial charge is 0.495 e. The normalized spacial score (nSPS) is 13.9. The number of methoxy groups -OCH3 is 1. The molecule has 0 unspecified atom stereocenters. The standard InChI is InChI=1S/C26H24N2O3/c1-17(2)18-13-15-20(16-14-18)28-25(29)23(19-9-5-4-6-10-19)24(26(28)30)27-21-11-7-8-12-22(21)31-3/h4-17,27H,1-3H3. The first-order valence-corrected chi connectivity index (χ1v) is 10.2. The molecular weight excluding hydrogens is 388 g/mol. The molecule has 5 heteroatoms. The van der Waals surface area contributed by atoms with E-state index in [2.05, 4.69) is 19.2 Å². The molecule has 1 aliphatic rings. The van der Waals surface area contributed by atoms with Crippen molar-refractivity contribution in [3.8, 4) is 5.75 Å². The van der Waals surface area contributed by atoms with Gasteiger partial charge in [0.15, 0.2) is 0 Å². The van der Waals surface area contributed by atoms with Gasteiger partial charge in [0.25, 0.3) is 11.8 Å². The summed E-state index contributed by atoms with van der Waals surface area (Å²) in [4.78, 5) is 28.2. The number of nitrogens with one attached hydrogen (secondary N) is 1. The maximum Gasteiger partial charge on any atom is 0.282 e. The molecule has 0 saturated heterocycles. The minimum absolute atomic E-state index is 0.230. The van der Waals surface area contributed by atoms with Crippen molar-refractivity contribution in [2.75, 3.05) is 17.3 Å². The molecule has 0 atom stereocenters. The van der Waals surface area contributed by atoms with Crippen molar-refractivity contribution in [3.05, 3.63) is 95.7 Å². The first-order chi connectivity index (χ1) is 15.0. The number of nitrogens with zero attached hydrogens (tertiary/aromatic N) is 1. The van der Waals surface area contributed by atoms with Crippen LogP contribution in [0.25, 0.3) is 5.57 Å². The fraction of sp³-hybridized carbons (Fsp3) is 0.154. The lowest BCUT2D eigenvalue weighted by atomic mass is 10.0. The lowest BCUT2D eigenvalue weighted by Gasteiger charge is -2.17. The van der Waals surface area contributed by atoms with Gasteiger partial charge in [0, 0.05) is 0 Å². The van der Waals surface area contributed by atoms with E-state index >= 15 is 0 Å². The van der Waals surface area contributed by atoms with Gasteiger partial charge in [-0.2, -0.15) is 0 Å². The highest BCUT2D eigenvalue weighted by Gasteiger charge is 2.40. The molecule has 0 radical (unpaired) electrons. The van der Waals surface area contributed by atoms with E-state index in [1.54, 1.807) is 13.2 Å². The second-order valence-electron chi connectivity index (χ2n) is 7.63. The van der Waals surface area contributed by atoms with Crippen molar-refractivity contribution in [2.24, 2.45) is 0 Å². The summed E-state index contributed by atoms with van der Waals surface area (Å²) in [6.45, 7) is 4.21. The third kappa shape index (κ3) is 3.82. The van der Waals surface area contributed by atoms with Crippen LogP contribution < -0.4 is 15.0 Å². The first kappa shape index (κ1) is 20.4. The Morgan fingerprint density at radius 3 is 2.10 bits per heavy atom. The Balaban J connectivity index is 1.79. The van der Waals surface area contributed by atoms with E-state index in [-0.39, 0.29) is 11.6 Å². The van der Waals surface area contributed by atoms with Crippen molar-refractivity contribution in [1.29, 1.82) is 0 Å². The fourth-order valence-corrected chi connectivity index (χ4v) is 3.64. The van der Waals surface area contributed by atoms with Crippen LogP contribution in [0, 0.1) is 0 Å². The van der Waals surface area contributed by atoms with E-state index in [9.17, 15) is 9.59 Å². The first-order valence-electron chi connectivity index (χ1n) is 10.2. The lowest BCUT2D eigenvalue weighted by Crippen LogP contribution is -2.32. The Morgan fingerprint density at radius 2 is 1.45 bits per heavy atom. The van der Waals surface area contributed by atoms with Crippen molar-refractivity contribution in [3.63, 3.8) is 0 Å². The topological polar surface area (TPSA) is 58.6 Å². The number of ether oxygens (including phenoxy) is 1. The molecule has 3 aromatic rings. The molecule has 0 bridgehead atoms. The smallest absolute Gasteiger partial charge is 0.282 e. The minimum atomic E-state index is -0.396. The summed E-state index contributed by atoms with van der Waals surface area (Å²) in [6.07, 6.45) is 0. The van der Waals surface area contributed by atoms with Gasteiger partial charge in [-0.1, -0.05) is 68.4 Å². The summed E-state index contributed by atoms with van der Waals surface area (Å²) < 4.78 is 5.41. The summed E-state index contributed by atoms with van der Waals surface area (Å²) >= 11 is 0. The van der Waals surface area contributed by atoms with Crippen LogP contribution in [0.3, 0.4) is 0 Å². The highest BCUT2D eigenvalue weighted by Crippen LogP contribution is 2.35. The van der Waals surface area contributed by atoms with E-state index in [1.807, 2.05) is 72.8 Å². The van der Waals surface area contributed by atoms with Crippen molar-refractivity contribution in [2.45, 2.75) is 19.8 Å². The Bertz CT molecular complexity index is 1150. The molecule has 1 N–H and O–H groups in total. The van der Waals surface area contributed by atoms with Crippen LogP contribution in [0.4, 0.5) is 11.4 Å². The number of benzene rings is 3. The maximum atomic E-state index is 13.5. The molecule has 3 aromatic carbocycles. The van der Waals surface area contributed by atoms with E-state index in [4.69, 9.17) is 4.74 Å². The molecule has 0 fully saturated rings. The second kappa shape index (κ2) is 8.48. The van der Waals surface area contributed by atoms with Gasteiger partial charge in [0.1, 0.15) is 11.4 Å². The molecule has 1 aliphatic heterocycles. The van der Waals surface area contributed by atoms with Gasteiger partial charge in [-0.3, -0.25) is 9.59 Å². The van der Waals surface area contributed by atoms with Crippen molar-refractivity contribution >= 4 is 28.8 Å². The third-order valence-corrected chi connectivity index (χ3v) is 5.33. The molecular formula is C26H24N2O3. The van der Waals surface area contributed by atoms with Gasteiger partial charge < -0.3 is 10.1 Å². The number of amides is 2. The SMILES string of the molecule is COc1ccccc1NC1=C(c2ccccc2)C(=O)N(c2ccc(C(C)C)cc2)C1=O. The predicted molar refractivity (Wildman–Crippen MR) is 123 cm³/mol. The average Bonchev–Trinajstić information content (AvgIpc) is 3.04. The van der Waals surface area contributed by atoms with Crippen LogP contribution >= 0.6 is 0 Å². The zero-order valence-corrected chi connectivity index (χ0v) is 17.8. The summed E-state index contributed by atoms with van der Waals surface area (Å²) in [5.74, 6) is 0.195. The number of carbonyl (C=O) groups excluding carboxylic acids is 2. The van der Waals surface area contributed by atoms with Crippen LogP contribution in [0.2, 0.25) is 0 Å². The van der Waals surface area contributed by atoms with Gasteiger partial charge in [0.05, 0.1) is 24.1 Å². The fourth-order valence-electron chi connectivity index (χ4n) is 3.64. The summed E-state index contributed by atoms with van der Waals surface area (Å²) in [7, 11) is 1.57. The molecule has 0 saturated carbocycles.